The molecule has 4 aromatic carbocycles. The van der Waals surface area contributed by atoms with Crippen LogP contribution in [-0.2, 0) is 0 Å². The van der Waals surface area contributed by atoms with Crippen molar-refractivity contribution in [2.75, 3.05) is 28.4 Å². The maximum Gasteiger partial charge on any atom is 0.168 e. The van der Waals surface area contributed by atoms with Crippen molar-refractivity contribution in [1.29, 1.82) is 0 Å². The van der Waals surface area contributed by atoms with Gasteiger partial charge in [-0.2, -0.15) is 0 Å². The van der Waals surface area contributed by atoms with E-state index in [-0.39, 0.29) is 0 Å². The van der Waals surface area contributed by atoms with Gasteiger partial charge in [0.05, 0.1) is 34.0 Å². The maximum atomic E-state index is 5.78. The number of methoxy groups -OCH3 is 4. The van der Waals surface area contributed by atoms with Crippen molar-refractivity contribution in [3.8, 4) is 56.4 Å². The van der Waals surface area contributed by atoms with Crippen molar-refractivity contribution in [3.05, 3.63) is 91.1 Å². The lowest BCUT2D eigenvalue weighted by Gasteiger charge is -2.16. The molecule has 5 rings (SSSR count). The van der Waals surface area contributed by atoms with Crippen LogP contribution >= 0.6 is 0 Å². The topological polar surface area (TPSA) is 49.8 Å². The van der Waals surface area contributed by atoms with Crippen LogP contribution in [0.2, 0.25) is 0 Å². The van der Waals surface area contributed by atoms with Gasteiger partial charge < -0.3 is 18.9 Å². The van der Waals surface area contributed by atoms with Crippen LogP contribution in [0.25, 0.3) is 44.3 Å². The Bertz CT molecular complexity index is 1510. The minimum absolute atomic E-state index is 0.651. The van der Waals surface area contributed by atoms with Gasteiger partial charge in [0.15, 0.2) is 23.0 Å². The molecular weight excluding hydrogens is 450 g/mol. The summed E-state index contributed by atoms with van der Waals surface area (Å²) >= 11 is 0. The summed E-state index contributed by atoms with van der Waals surface area (Å²) in [5.41, 5.74) is 7.07. The largest absolute Gasteiger partial charge is 0.493 e. The number of pyridine rings is 1. The van der Waals surface area contributed by atoms with Crippen LogP contribution in [0.1, 0.15) is 0 Å². The molecule has 0 atom stereocenters. The highest BCUT2D eigenvalue weighted by molar-refractivity contribution is 5.88. The fourth-order valence-corrected chi connectivity index (χ4v) is 4.43. The third-order valence-electron chi connectivity index (χ3n) is 6.30. The second-order valence-corrected chi connectivity index (χ2v) is 8.33. The third kappa shape index (κ3) is 4.31. The lowest BCUT2D eigenvalue weighted by Crippen LogP contribution is -1.96. The van der Waals surface area contributed by atoms with E-state index in [0.717, 1.165) is 38.7 Å². The van der Waals surface area contributed by atoms with Crippen molar-refractivity contribution in [2.45, 2.75) is 0 Å². The van der Waals surface area contributed by atoms with E-state index in [1.807, 2.05) is 42.6 Å². The average molecular weight is 478 g/mol. The number of hydrogen-bond donors (Lipinski definition) is 0. The molecule has 0 fully saturated rings. The lowest BCUT2D eigenvalue weighted by atomic mass is 9.95. The zero-order chi connectivity index (χ0) is 25.1. The van der Waals surface area contributed by atoms with Crippen molar-refractivity contribution in [2.24, 2.45) is 0 Å². The van der Waals surface area contributed by atoms with E-state index in [9.17, 15) is 0 Å². The zero-order valence-electron chi connectivity index (χ0n) is 20.7. The van der Waals surface area contributed by atoms with Crippen molar-refractivity contribution in [3.63, 3.8) is 0 Å². The molecule has 0 bridgehead atoms. The average Bonchev–Trinajstić information content (AvgIpc) is 2.95. The molecule has 0 aliphatic carbocycles. The van der Waals surface area contributed by atoms with E-state index >= 15 is 0 Å². The van der Waals surface area contributed by atoms with Gasteiger partial charge in [0.25, 0.3) is 0 Å². The fraction of sp³-hybridized carbons (Fsp3) is 0.129. The molecule has 0 saturated heterocycles. The fourth-order valence-electron chi connectivity index (χ4n) is 4.43. The molecule has 0 amide bonds. The standard InChI is InChI=1S/C31H27NO4/c1-33-28-17-24-14-25(19-32-27(24)18-29(28)34-2)23-15-26(31(36-4)30(16-23)35-3)22-12-10-21(11-13-22)20-8-6-5-7-9-20/h5-19H,1-4H3. The molecule has 0 radical (unpaired) electrons. The van der Waals surface area contributed by atoms with Crippen LogP contribution in [0.15, 0.2) is 91.1 Å². The number of aromatic nitrogens is 1. The first kappa shape index (κ1) is 23.2. The molecular formula is C31H27NO4. The maximum absolute atomic E-state index is 5.78. The second kappa shape index (κ2) is 10.0. The van der Waals surface area contributed by atoms with Gasteiger partial charge in [-0.1, -0.05) is 54.6 Å². The van der Waals surface area contributed by atoms with Crippen LogP contribution in [0, 0.1) is 0 Å². The van der Waals surface area contributed by atoms with Crippen LogP contribution in [0.3, 0.4) is 0 Å². The summed E-state index contributed by atoms with van der Waals surface area (Å²) < 4.78 is 22.4. The minimum atomic E-state index is 0.651. The molecule has 36 heavy (non-hydrogen) atoms. The van der Waals surface area contributed by atoms with Crippen LogP contribution in [0.5, 0.6) is 23.0 Å². The van der Waals surface area contributed by atoms with E-state index in [1.165, 1.54) is 5.56 Å². The molecule has 5 nitrogen and oxygen atoms in total. The number of ether oxygens (including phenoxy) is 4. The molecule has 0 aliphatic rings. The van der Waals surface area contributed by atoms with Gasteiger partial charge in [0.2, 0.25) is 0 Å². The van der Waals surface area contributed by atoms with Crippen molar-refractivity contribution in [1.82, 2.24) is 4.98 Å². The molecule has 5 heteroatoms. The molecule has 0 aliphatic heterocycles. The Labute approximate surface area is 210 Å². The lowest BCUT2D eigenvalue weighted by molar-refractivity contribution is 0.356. The summed E-state index contributed by atoms with van der Waals surface area (Å²) in [5.74, 6) is 2.66. The van der Waals surface area contributed by atoms with Gasteiger partial charge in [-0.25, -0.2) is 0 Å². The van der Waals surface area contributed by atoms with E-state index in [2.05, 4.69) is 53.5 Å². The summed E-state index contributed by atoms with van der Waals surface area (Å²) in [6, 6.07) is 28.8. The van der Waals surface area contributed by atoms with E-state index in [0.29, 0.717) is 23.0 Å². The molecule has 0 N–H and O–H groups in total. The molecule has 180 valence electrons. The second-order valence-electron chi connectivity index (χ2n) is 8.33. The quantitative estimate of drug-likeness (QED) is 0.247. The van der Waals surface area contributed by atoms with Crippen LogP contribution < -0.4 is 18.9 Å². The Morgan fingerprint density at radius 2 is 1.14 bits per heavy atom. The number of benzene rings is 4. The molecule has 1 aromatic heterocycles. The van der Waals surface area contributed by atoms with Gasteiger partial charge in [-0.05, 0) is 46.5 Å². The first-order chi connectivity index (χ1) is 17.6. The summed E-state index contributed by atoms with van der Waals surface area (Å²) in [6.45, 7) is 0. The van der Waals surface area contributed by atoms with Gasteiger partial charge >= 0.3 is 0 Å². The summed E-state index contributed by atoms with van der Waals surface area (Å²) in [4.78, 5) is 4.68. The molecule has 0 saturated carbocycles. The monoisotopic (exact) mass is 477 g/mol. The summed E-state index contributed by atoms with van der Waals surface area (Å²) in [5, 5.41) is 0.952. The van der Waals surface area contributed by atoms with Crippen molar-refractivity contribution >= 4 is 10.9 Å². The van der Waals surface area contributed by atoms with Crippen molar-refractivity contribution < 1.29 is 18.9 Å². The van der Waals surface area contributed by atoms with Gasteiger partial charge in [-0.3, -0.25) is 4.98 Å². The molecule has 0 spiro atoms. The van der Waals surface area contributed by atoms with E-state index < -0.39 is 0 Å². The highest BCUT2D eigenvalue weighted by Gasteiger charge is 2.16. The summed E-state index contributed by atoms with van der Waals surface area (Å²) in [7, 11) is 6.57. The number of rotatable bonds is 7. The third-order valence-corrected chi connectivity index (χ3v) is 6.30. The predicted octanol–water partition coefficient (Wildman–Crippen LogP) is 7.27. The molecule has 0 unspecified atom stereocenters. The number of nitrogens with zero attached hydrogens (tertiary/aromatic N) is 1. The van der Waals surface area contributed by atoms with Crippen LogP contribution in [0.4, 0.5) is 0 Å². The van der Waals surface area contributed by atoms with Gasteiger partial charge in [0, 0.05) is 28.8 Å². The number of hydrogen-bond acceptors (Lipinski definition) is 5. The van der Waals surface area contributed by atoms with E-state index in [1.54, 1.807) is 28.4 Å². The molecule has 1 heterocycles. The van der Waals surface area contributed by atoms with E-state index in [4.69, 9.17) is 18.9 Å². The minimum Gasteiger partial charge on any atom is -0.493 e. The Kier molecular flexibility index (Phi) is 6.46. The summed E-state index contributed by atoms with van der Waals surface area (Å²) in [6.07, 6.45) is 1.86. The Morgan fingerprint density at radius 3 is 1.81 bits per heavy atom. The van der Waals surface area contributed by atoms with Crippen LogP contribution in [-0.4, -0.2) is 33.4 Å². The Hall–Kier alpha value is -4.51. The highest BCUT2D eigenvalue weighted by atomic mass is 16.5. The predicted molar refractivity (Wildman–Crippen MR) is 144 cm³/mol. The first-order valence-electron chi connectivity index (χ1n) is 11.6. The first-order valence-corrected chi connectivity index (χ1v) is 11.6. The van der Waals surface area contributed by atoms with Gasteiger partial charge in [-0.15, -0.1) is 0 Å². The molecule has 5 aromatic rings. The Morgan fingerprint density at radius 1 is 0.500 bits per heavy atom. The Balaban J connectivity index is 1.61. The highest BCUT2D eigenvalue weighted by Crippen LogP contribution is 2.43. The van der Waals surface area contributed by atoms with Gasteiger partial charge in [0.1, 0.15) is 0 Å². The number of fused-ring (bicyclic) bond motifs is 1. The smallest absolute Gasteiger partial charge is 0.168 e. The SMILES string of the molecule is COc1cc2cc(-c3cc(OC)c(OC)c(-c4ccc(-c5ccccc5)cc4)c3)cnc2cc1OC. The normalized spacial score (nSPS) is 10.8. The zero-order valence-corrected chi connectivity index (χ0v) is 20.7.